The number of methoxy groups -OCH3 is 1. The number of aryl methyl sites for hydroxylation is 1. The van der Waals surface area contributed by atoms with Crippen molar-refractivity contribution in [3.8, 4) is 33.8 Å². The Bertz CT molecular complexity index is 1120. The molecule has 152 valence electrons. The smallest absolute Gasteiger partial charge is 0.118 e. The molecule has 0 atom stereocenters. The van der Waals surface area contributed by atoms with E-state index in [0.717, 1.165) is 12.2 Å². The van der Waals surface area contributed by atoms with Gasteiger partial charge in [0.05, 0.1) is 12.8 Å². The Labute approximate surface area is 179 Å². The molecule has 0 radical (unpaired) electrons. The predicted octanol–water partition coefficient (Wildman–Crippen LogP) is 7.33. The molecule has 0 unspecified atom stereocenters. The topological polar surface area (TPSA) is 14.2 Å². The predicted molar refractivity (Wildman–Crippen MR) is 126 cm³/mol. The van der Waals surface area contributed by atoms with E-state index in [1.165, 1.54) is 39.3 Å². The van der Waals surface area contributed by atoms with Crippen LogP contribution in [-0.4, -0.2) is 11.7 Å². The van der Waals surface area contributed by atoms with Crippen LogP contribution < -0.4 is 4.74 Å². The van der Waals surface area contributed by atoms with Gasteiger partial charge < -0.3 is 9.30 Å². The lowest BCUT2D eigenvalue weighted by molar-refractivity contribution is 0.415. The molecular weight excluding hydrogens is 366 g/mol. The van der Waals surface area contributed by atoms with Crippen molar-refractivity contribution in [1.82, 2.24) is 4.57 Å². The highest BCUT2D eigenvalue weighted by molar-refractivity contribution is 5.84. The van der Waals surface area contributed by atoms with E-state index in [4.69, 9.17) is 4.74 Å². The quantitative estimate of drug-likeness (QED) is 0.333. The van der Waals surface area contributed by atoms with Gasteiger partial charge in [0.1, 0.15) is 5.75 Å². The summed E-state index contributed by atoms with van der Waals surface area (Å²) in [4.78, 5) is 0. The summed E-state index contributed by atoms with van der Waals surface area (Å²) in [7, 11) is 1.71. The molecule has 0 saturated carbocycles. The molecular formula is C28H29NO. The molecule has 0 aliphatic rings. The van der Waals surface area contributed by atoms with E-state index >= 15 is 0 Å². The number of nitrogens with zero attached hydrogens (tertiary/aromatic N) is 1. The first kappa shape index (κ1) is 20.0. The number of para-hydroxylation sites is 1. The van der Waals surface area contributed by atoms with Crippen LogP contribution in [0.2, 0.25) is 0 Å². The summed E-state index contributed by atoms with van der Waals surface area (Å²) >= 11 is 0. The van der Waals surface area contributed by atoms with Crippen LogP contribution in [0.1, 0.15) is 25.1 Å². The number of hydrogen-bond donors (Lipinski definition) is 0. The SMILES string of the molecule is COc1ccc(-c2c(-c3ccccc3)cc(CC(C)C)n2-c2ccccc2C)cc1. The summed E-state index contributed by atoms with van der Waals surface area (Å²) in [6.45, 7) is 6.75. The number of hydrogen-bond acceptors (Lipinski definition) is 1. The molecule has 0 spiro atoms. The van der Waals surface area contributed by atoms with Crippen molar-refractivity contribution >= 4 is 0 Å². The summed E-state index contributed by atoms with van der Waals surface area (Å²) in [5.41, 5.74) is 8.76. The van der Waals surface area contributed by atoms with Gasteiger partial charge in [-0.1, -0.05) is 62.4 Å². The lowest BCUT2D eigenvalue weighted by Crippen LogP contribution is -2.06. The third-order valence-corrected chi connectivity index (χ3v) is 5.50. The van der Waals surface area contributed by atoms with Crippen LogP contribution in [0.3, 0.4) is 0 Å². The molecule has 0 fully saturated rings. The lowest BCUT2D eigenvalue weighted by Gasteiger charge is -2.18. The summed E-state index contributed by atoms with van der Waals surface area (Å²) in [5, 5.41) is 0. The first-order valence-electron chi connectivity index (χ1n) is 10.6. The minimum atomic E-state index is 0.565. The van der Waals surface area contributed by atoms with Gasteiger partial charge in [-0.25, -0.2) is 0 Å². The minimum absolute atomic E-state index is 0.565. The Hall–Kier alpha value is -3.26. The molecule has 0 N–H and O–H groups in total. The summed E-state index contributed by atoms with van der Waals surface area (Å²) in [5.74, 6) is 1.44. The molecule has 4 rings (SSSR count). The molecule has 0 amide bonds. The van der Waals surface area contributed by atoms with Gasteiger partial charge in [-0.05, 0) is 72.4 Å². The monoisotopic (exact) mass is 395 g/mol. The van der Waals surface area contributed by atoms with Gasteiger partial charge >= 0.3 is 0 Å². The molecule has 3 aromatic carbocycles. The third-order valence-electron chi connectivity index (χ3n) is 5.50. The largest absolute Gasteiger partial charge is 0.497 e. The molecule has 0 bridgehead atoms. The zero-order valence-electron chi connectivity index (χ0n) is 18.2. The van der Waals surface area contributed by atoms with E-state index in [-0.39, 0.29) is 0 Å². The van der Waals surface area contributed by atoms with Gasteiger partial charge in [0.2, 0.25) is 0 Å². The number of benzene rings is 3. The normalized spacial score (nSPS) is 11.1. The van der Waals surface area contributed by atoms with Crippen LogP contribution in [0.4, 0.5) is 0 Å². The van der Waals surface area contributed by atoms with E-state index < -0.39 is 0 Å². The minimum Gasteiger partial charge on any atom is -0.497 e. The second-order valence-corrected chi connectivity index (χ2v) is 8.21. The van der Waals surface area contributed by atoms with Gasteiger partial charge in [0.25, 0.3) is 0 Å². The van der Waals surface area contributed by atoms with Crippen LogP contribution in [0.25, 0.3) is 28.1 Å². The van der Waals surface area contributed by atoms with Crippen LogP contribution in [0.15, 0.2) is 84.9 Å². The van der Waals surface area contributed by atoms with E-state index in [9.17, 15) is 0 Å². The molecule has 4 aromatic rings. The highest BCUT2D eigenvalue weighted by atomic mass is 16.5. The van der Waals surface area contributed by atoms with Crippen molar-refractivity contribution < 1.29 is 4.74 Å². The standard InChI is InChI=1S/C28H29NO/c1-20(2)18-24-19-26(22-11-6-5-7-12-22)28(23-14-16-25(30-4)17-15-23)29(24)27-13-9-8-10-21(27)3/h5-17,19-20H,18H2,1-4H3. The highest BCUT2D eigenvalue weighted by Gasteiger charge is 2.20. The summed E-state index contributed by atoms with van der Waals surface area (Å²) in [6.07, 6.45) is 1.02. The third kappa shape index (κ3) is 3.91. The second kappa shape index (κ2) is 8.62. The molecule has 1 aromatic heterocycles. The van der Waals surface area contributed by atoms with Gasteiger partial charge in [0.15, 0.2) is 0 Å². The van der Waals surface area contributed by atoms with Crippen molar-refractivity contribution in [3.63, 3.8) is 0 Å². The molecule has 1 heterocycles. The lowest BCUT2D eigenvalue weighted by atomic mass is 10.0. The van der Waals surface area contributed by atoms with Gasteiger partial charge in [-0.2, -0.15) is 0 Å². The van der Waals surface area contributed by atoms with Crippen LogP contribution >= 0.6 is 0 Å². The Morgan fingerprint density at radius 3 is 2.10 bits per heavy atom. The molecule has 0 aliphatic heterocycles. The van der Waals surface area contributed by atoms with Gasteiger partial charge in [0, 0.05) is 16.9 Å². The number of aromatic nitrogens is 1. The zero-order valence-corrected chi connectivity index (χ0v) is 18.2. The molecule has 2 nitrogen and oxygen atoms in total. The Morgan fingerprint density at radius 1 is 0.800 bits per heavy atom. The summed E-state index contributed by atoms with van der Waals surface area (Å²) < 4.78 is 7.86. The van der Waals surface area contributed by atoms with E-state index in [1.807, 2.05) is 12.1 Å². The van der Waals surface area contributed by atoms with Crippen molar-refractivity contribution in [3.05, 3.63) is 96.2 Å². The number of rotatable bonds is 6. The Morgan fingerprint density at radius 2 is 1.47 bits per heavy atom. The highest BCUT2D eigenvalue weighted by Crippen LogP contribution is 2.39. The Kier molecular flexibility index (Phi) is 5.76. The van der Waals surface area contributed by atoms with E-state index in [0.29, 0.717) is 5.92 Å². The van der Waals surface area contributed by atoms with Gasteiger partial charge in [-0.15, -0.1) is 0 Å². The second-order valence-electron chi connectivity index (χ2n) is 8.21. The van der Waals surface area contributed by atoms with E-state index in [2.05, 4.69) is 98.1 Å². The summed E-state index contributed by atoms with van der Waals surface area (Å²) in [6, 6.07) is 30.1. The molecule has 30 heavy (non-hydrogen) atoms. The first-order chi connectivity index (χ1) is 14.6. The van der Waals surface area contributed by atoms with Crippen molar-refractivity contribution in [2.75, 3.05) is 7.11 Å². The average Bonchev–Trinajstić information content (AvgIpc) is 3.13. The van der Waals surface area contributed by atoms with Crippen LogP contribution in [0.5, 0.6) is 5.75 Å². The average molecular weight is 396 g/mol. The van der Waals surface area contributed by atoms with Crippen LogP contribution in [-0.2, 0) is 6.42 Å². The fourth-order valence-corrected chi connectivity index (χ4v) is 4.09. The fourth-order valence-electron chi connectivity index (χ4n) is 4.09. The maximum atomic E-state index is 5.40. The fraction of sp³-hybridized carbons (Fsp3) is 0.214. The van der Waals surface area contributed by atoms with Gasteiger partial charge in [-0.3, -0.25) is 0 Å². The van der Waals surface area contributed by atoms with Crippen molar-refractivity contribution in [2.45, 2.75) is 27.2 Å². The van der Waals surface area contributed by atoms with Crippen LogP contribution in [0, 0.1) is 12.8 Å². The molecule has 0 aliphatic carbocycles. The Balaban J connectivity index is 2.05. The van der Waals surface area contributed by atoms with Crippen molar-refractivity contribution in [1.29, 1.82) is 0 Å². The van der Waals surface area contributed by atoms with Crippen molar-refractivity contribution in [2.24, 2.45) is 5.92 Å². The maximum Gasteiger partial charge on any atom is 0.118 e. The number of ether oxygens (including phenoxy) is 1. The molecule has 0 saturated heterocycles. The first-order valence-corrected chi connectivity index (χ1v) is 10.6. The maximum absolute atomic E-state index is 5.40. The molecule has 2 heteroatoms. The zero-order chi connectivity index (χ0) is 21.1. The van der Waals surface area contributed by atoms with E-state index in [1.54, 1.807) is 7.11 Å².